The SMILES string of the molecule is CCCCC(CC)COc1cc(NNc2ccc(N(CC(CC)CCCC)CC(CC)CCCC)cc2C)ccc1N=Nc1ccc(C)cc1. The minimum absolute atomic E-state index is 0.519. The lowest BCUT2D eigenvalue weighted by Crippen LogP contribution is -2.34. The van der Waals surface area contributed by atoms with Gasteiger partial charge in [-0.05, 0) is 98.9 Å². The van der Waals surface area contributed by atoms with Crippen LogP contribution in [0.4, 0.5) is 28.4 Å². The van der Waals surface area contributed by atoms with Gasteiger partial charge in [0, 0.05) is 24.8 Å². The number of azo groups is 1. The van der Waals surface area contributed by atoms with Crippen molar-refractivity contribution >= 4 is 28.4 Å². The van der Waals surface area contributed by atoms with Crippen LogP contribution < -0.4 is 20.5 Å². The molecule has 276 valence electrons. The van der Waals surface area contributed by atoms with E-state index < -0.39 is 0 Å². The molecule has 3 rings (SSSR count). The Morgan fingerprint density at radius 2 is 1.24 bits per heavy atom. The van der Waals surface area contributed by atoms with Crippen molar-refractivity contribution in [1.29, 1.82) is 0 Å². The fraction of sp³-hybridized carbons (Fsp3) is 0.591. The smallest absolute Gasteiger partial charge is 0.148 e. The first-order chi connectivity index (χ1) is 24.3. The van der Waals surface area contributed by atoms with Crippen molar-refractivity contribution in [3.8, 4) is 5.75 Å². The minimum Gasteiger partial charge on any atom is -0.491 e. The summed E-state index contributed by atoms with van der Waals surface area (Å²) in [5.74, 6) is 2.72. The molecule has 0 amide bonds. The van der Waals surface area contributed by atoms with Gasteiger partial charge in [-0.15, -0.1) is 5.11 Å². The standard InChI is InChI=1S/C44H69N5O/c1-9-15-18-36(12-4)31-49(32-37(13-5)19-16-10-2)41-26-28-42(35(8)29-41)47-46-40-25-27-43(48-45-39-23-21-34(7)22-24-39)44(30-40)50-33-38(14-6)20-17-11-3/h21-30,36-38,46-47H,9-20,31-33H2,1-8H3. The Morgan fingerprint density at radius 1 is 0.640 bits per heavy atom. The van der Waals surface area contributed by atoms with Crippen LogP contribution in [-0.2, 0) is 0 Å². The van der Waals surface area contributed by atoms with Gasteiger partial charge in [-0.25, -0.2) is 0 Å². The molecule has 3 aromatic carbocycles. The molecule has 3 atom stereocenters. The Hall–Kier alpha value is -3.54. The number of nitrogens with zero attached hydrogens (tertiary/aromatic N) is 3. The second kappa shape index (κ2) is 23.0. The third-order valence-electron chi connectivity index (χ3n) is 10.2. The fourth-order valence-electron chi connectivity index (χ4n) is 6.49. The summed E-state index contributed by atoms with van der Waals surface area (Å²) in [5.41, 5.74) is 14.3. The number of unbranched alkanes of at least 4 members (excludes halogenated alkanes) is 3. The number of hydrogen-bond acceptors (Lipinski definition) is 6. The Bertz CT molecular complexity index is 1370. The third-order valence-corrected chi connectivity index (χ3v) is 10.2. The van der Waals surface area contributed by atoms with Crippen LogP contribution >= 0.6 is 0 Å². The van der Waals surface area contributed by atoms with Crippen molar-refractivity contribution in [2.24, 2.45) is 28.0 Å². The van der Waals surface area contributed by atoms with E-state index in [4.69, 9.17) is 4.74 Å². The number of hydrogen-bond donors (Lipinski definition) is 2. The number of nitrogens with one attached hydrogen (secondary N) is 2. The summed E-state index contributed by atoms with van der Waals surface area (Å²) < 4.78 is 6.46. The van der Waals surface area contributed by atoms with E-state index in [-0.39, 0.29) is 0 Å². The molecule has 6 heteroatoms. The summed E-state index contributed by atoms with van der Waals surface area (Å²) in [4.78, 5) is 2.69. The zero-order chi connectivity index (χ0) is 36.1. The van der Waals surface area contributed by atoms with Crippen molar-refractivity contribution < 1.29 is 4.74 Å². The summed E-state index contributed by atoms with van der Waals surface area (Å²) in [6.07, 6.45) is 15.0. The maximum absolute atomic E-state index is 6.46. The van der Waals surface area contributed by atoms with Gasteiger partial charge in [-0.2, -0.15) is 5.11 Å². The first-order valence-corrected chi connectivity index (χ1v) is 20.0. The van der Waals surface area contributed by atoms with Gasteiger partial charge in [0.2, 0.25) is 0 Å². The summed E-state index contributed by atoms with van der Waals surface area (Å²) in [6, 6.07) is 21.1. The molecule has 0 aliphatic heterocycles. The van der Waals surface area contributed by atoms with Crippen LogP contribution in [0.3, 0.4) is 0 Å². The highest BCUT2D eigenvalue weighted by Crippen LogP contribution is 2.34. The second-order valence-corrected chi connectivity index (χ2v) is 14.4. The Morgan fingerprint density at radius 3 is 1.80 bits per heavy atom. The lowest BCUT2D eigenvalue weighted by molar-refractivity contribution is 0.234. The summed E-state index contributed by atoms with van der Waals surface area (Å²) in [7, 11) is 0. The number of aryl methyl sites for hydroxylation is 2. The van der Waals surface area contributed by atoms with Crippen LogP contribution in [0.15, 0.2) is 70.9 Å². The first-order valence-electron chi connectivity index (χ1n) is 20.0. The van der Waals surface area contributed by atoms with Crippen LogP contribution in [-0.4, -0.2) is 19.7 Å². The van der Waals surface area contributed by atoms with Crippen LogP contribution in [0, 0.1) is 31.6 Å². The molecule has 0 aromatic heterocycles. The zero-order valence-electron chi connectivity index (χ0n) is 32.9. The third kappa shape index (κ3) is 14.0. The number of hydrazine groups is 1. The van der Waals surface area contributed by atoms with E-state index in [1.54, 1.807) is 0 Å². The molecule has 0 radical (unpaired) electrons. The van der Waals surface area contributed by atoms with Gasteiger partial charge in [0.05, 0.1) is 23.7 Å². The molecule has 3 unspecified atom stereocenters. The Labute approximate surface area is 305 Å². The molecule has 0 fully saturated rings. The number of benzene rings is 3. The summed E-state index contributed by atoms with van der Waals surface area (Å²) in [5, 5.41) is 9.12. The maximum atomic E-state index is 6.46. The quantitative estimate of drug-likeness (QED) is 0.0689. The molecule has 0 aliphatic rings. The average molecular weight is 684 g/mol. The van der Waals surface area contributed by atoms with Crippen molar-refractivity contribution in [2.75, 3.05) is 35.4 Å². The number of ether oxygens (including phenoxy) is 1. The van der Waals surface area contributed by atoms with E-state index in [0.717, 1.165) is 59.8 Å². The largest absolute Gasteiger partial charge is 0.491 e. The fourth-order valence-corrected chi connectivity index (χ4v) is 6.49. The summed E-state index contributed by atoms with van der Waals surface area (Å²) in [6.45, 7) is 21.1. The number of anilines is 3. The highest BCUT2D eigenvalue weighted by atomic mass is 16.5. The molecule has 0 heterocycles. The first kappa shape index (κ1) is 40.9. The molecule has 6 nitrogen and oxygen atoms in total. The molecule has 0 spiro atoms. The Balaban J connectivity index is 1.80. The predicted molar refractivity (Wildman–Crippen MR) is 218 cm³/mol. The van der Waals surface area contributed by atoms with Crippen molar-refractivity contribution in [2.45, 2.75) is 132 Å². The summed E-state index contributed by atoms with van der Waals surface area (Å²) >= 11 is 0. The zero-order valence-corrected chi connectivity index (χ0v) is 32.9. The lowest BCUT2D eigenvalue weighted by atomic mass is 9.95. The highest BCUT2D eigenvalue weighted by molar-refractivity contribution is 5.65. The highest BCUT2D eigenvalue weighted by Gasteiger charge is 2.18. The molecule has 0 bridgehead atoms. The van der Waals surface area contributed by atoms with Gasteiger partial charge in [0.15, 0.2) is 0 Å². The van der Waals surface area contributed by atoms with Crippen molar-refractivity contribution in [3.63, 3.8) is 0 Å². The van der Waals surface area contributed by atoms with E-state index in [9.17, 15) is 0 Å². The average Bonchev–Trinajstić information content (AvgIpc) is 3.14. The van der Waals surface area contributed by atoms with E-state index in [1.165, 1.54) is 87.4 Å². The molecular weight excluding hydrogens is 615 g/mol. The second-order valence-electron chi connectivity index (χ2n) is 14.4. The van der Waals surface area contributed by atoms with E-state index in [2.05, 4.69) is 112 Å². The monoisotopic (exact) mass is 684 g/mol. The maximum Gasteiger partial charge on any atom is 0.148 e. The van der Waals surface area contributed by atoms with Gasteiger partial charge in [-0.3, -0.25) is 0 Å². The normalized spacial score (nSPS) is 13.3. The van der Waals surface area contributed by atoms with Crippen LogP contribution in [0.1, 0.15) is 130 Å². The van der Waals surface area contributed by atoms with Crippen molar-refractivity contribution in [3.05, 3.63) is 71.8 Å². The van der Waals surface area contributed by atoms with Crippen LogP contribution in [0.2, 0.25) is 0 Å². The van der Waals surface area contributed by atoms with Gasteiger partial charge < -0.3 is 20.5 Å². The molecule has 0 saturated heterocycles. The topological polar surface area (TPSA) is 61.2 Å². The molecule has 0 aliphatic carbocycles. The van der Waals surface area contributed by atoms with Gasteiger partial charge in [-0.1, -0.05) is 117 Å². The van der Waals surface area contributed by atoms with E-state index in [0.29, 0.717) is 12.5 Å². The minimum atomic E-state index is 0.519. The van der Waals surface area contributed by atoms with Crippen molar-refractivity contribution in [1.82, 2.24) is 0 Å². The van der Waals surface area contributed by atoms with Crippen LogP contribution in [0.25, 0.3) is 0 Å². The molecule has 0 saturated carbocycles. The lowest BCUT2D eigenvalue weighted by Gasteiger charge is -2.33. The van der Waals surface area contributed by atoms with E-state index >= 15 is 0 Å². The van der Waals surface area contributed by atoms with Gasteiger partial charge in [0.25, 0.3) is 0 Å². The van der Waals surface area contributed by atoms with Gasteiger partial charge in [0.1, 0.15) is 11.4 Å². The molecular formula is C44H69N5O. The molecule has 50 heavy (non-hydrogen) atoms. The molecule has 2 N–H and O–H groups in total. The van der Waals surface area contributed by atoms with Gasteiger partial charge >= 0.3 is 0 Å². The predicted octanol–water partition coefficient (Wildman–Crippen LogP) is 14.0. The van der Waals surface area contributed by atoms with Crippen LogP contribution in [0.5, 0.6) is 5.75 Å². The molecule has 3 aromatic rings. The Kier molecular flexibility index (Phi) is 18.8. The number of rotatable bonds is 25. The van der Waals surface area contributed by atoms with E-state index in [1.807, 2.05) is 30.3 Å².